The molecule has 3 nitrogen and oxygen atoms in total. The number of carbonyl (C=O) groups excluding carboxylic acids is 1. The predicted octanol–water partition coefficient (Wildman–Crippen LogP) is 5.17. The normalized spacial score (nSPS) is 19.6. The standard InChI is InChI=1S/C19H27NO2S/c1-5-22-18(21)16-14-8-6-7-9-15(14)23-17(16)20-12(2)13-10-19(3,4)11-13/h13,20H,2,5-11H2,1,3-4H3. The smallest absolute Gasteiger partial charge is 0.341 e. The largest absolute Gasteiger partial charge is 0.462 e. The van der Waals surface area contributed by atoms with E-state index in [0.717, 1.165) is 35.5 Å². The van der Waals surface area contributed by atoms with Crippen molar-refractivity contribution < 1.29 is 9.53 Å². The molecule has 23 heavy (non-hydrogen) atoms. The Labute approximate surface area is 143 Å². The number of hydrogen-bond donors (Lipinski definition) is 1. The van der Waals surface area contributed by atoms with Crippen LogP contribution < -0.4 is 5.32 Å². The minimum atomic E-state index is -0.184. The molecule has 1 fully saturated rings. The van der Waals surface area contributed by atoms with Crippen LogP contribution in [0.3, 0.4) is 0 Å². The van der Waals surface area contributed by atoms with Crippen LogP contribution in [0.4, 0.5) is 5.00 Å². The molecule has 0 bridgehead atoms. The fraction of sp³-hybridized carbons (Fsp3) is 0.632. The van der Waals surface area contributed by atoms with Gasteiger partial charge in [0.2, 0.25) is 0 Å². The zero-order chi connectivity index (χ0) is 16.6. The summed E-state index contributed by atoms with van der Waals surface area (Å²) in [7, 11) is 0. The van der Waals surface area contributed by atoms with Gasteiger partial charge in [-0.2, -0.15) is 0 Å². The summed E-state index contributed by atoms with van der Waals surface area (Å²) in [4.78, 5) is 13.8. The Morgan fingerprint density at radius 2 is 2.04 bits per heavy atom. The summed E-state index contributed by atoms with van der Waals surface area (Å²) < 4.78 is 5.31. The number of esters is 1. The maximum atomic E-state index is 12.5. The van der Waals surface area contributed by atoms with Crippen molar-refractivity contribution in [1.29, 1.82) is 0 Å². The highest BCUT2D eigenvalue weighted by atomic mass is 32.1. The van der Waals surface area contributed by atoms with Gasteiger partial charge in [-0.3, -0.25) is 0 Å². The molecule has 126 valence electrons. The van der Waals surface area contributed by atoms with Gasteiger partial charge >= 0.3 is 5.97 Å². The fourth-order valence-corrected chi connectivity index (χ4v) is 5.15. The number of nitrogens with one attached hydrogen (secondary N) is 1. The van der Waals surface area contributed by atoms with E-state index < -0.39 is 0 Å². The van der Waals surface area contributed by atoms with Crippen LogP contribution in [0.15, 0.2) is 12.3 Å². The Morgan fingerprint density at radius 1 is 1.35 bits per heavy atom. The number of ether oxygens (including phenoxy) is 1. The number of thiophene rings is 1. The minimum absolute atomic E-state index is 0.184. The molecule has 1 aromatic rings. The molecule has 0 amide bonds. The number of aryl methyl sites for hydroxylation is 1. The third kappa shape index (κ3) is 3.32. The summed E-state index contributed by atoms with van der Waals surface area (Å²) in [5, 5.41) is 4.42. The second-order valence-corrected chi connectivity index (χ2v) is 8.66. The number of hydrogen-bond acceptors (Lipinski definition) is 4. The van der Waals surface area contributed by atoms with E-state index in [1.165, 1.54) is 29.7 Å². The van der Waals surface area contributed by atoms with Crippen molar-refractivity contribution in [3.05, 3.63) is 28.3 Å². The Balaban J connectivity index is 1.82. The van der Waals surface area contributed by atoms with Gasteiger partial charge in [-0.15, -0.1) is 11.3 Å². The van der Waals surface area contributed by atoms with E-state index >= 15 is 0 Å². The monoisotopic (exact) mass is 333 g/mol. The molecule has 4 heteroatoms. The number of anilines is 1. The van der Waals surface area contributed by atoms with Crippen LogP contribution >= 0.6 is 11.3 Å². The Kier molecular flexibility index (Phi) is 4.54. The molecule has 1 heterocycles. The van der Waals surface area contributed by atoms with Crippen molar-refractivity contribution in [3.63, 3.8) is 0 Å². The molecular weight excluding hydrogens is 306 g/mol. The van der Waals surface area contributed by atoms with Crippen molar-refractivity contribution in [2.45, 2.75) is 59.3 Å². The molecule has 2 aliphatic rings. The lowest BCUT2D eigenvalue weighted by molar-refractivity contribution is 0.0526. The van der Waals surface area contributed by atoms with E-state index in [-0.39, 0.29) is 5.97 Å². The highest BCUT2D eigenvalue weighted by Gasteiger charge is 2.38. The van der Waals surface area contributed by atoms with E-state index in [9.17, 15) is 4.79 Å². The minimum Gasteiger partial charge on any atom is -0.462 e. The second kappa shape index (κ2) is 6.31. The summed E-state index contributed by atoms with van der Waals surface area (Å²) in [5.41, 5.74) is 3.46. The van der Waals surface area contributed by atoms with Crippen LogP contribution in [0.5, 0.6) is 0 Å². The predicted molar refractivity (Wildman–Crippen MR) is 96.2 cm³/mol. The molecule has 3 rings (SSSR count). The highest BCUT2D eigenvalue weighted by Crippen LogP contribution is 2.48. The SMILES string of the molecule is C=C(Nc1sc2c(c1C(=O)OCC)CCCC2)C1CC(C)(C)C1. The maximum absolute atomic E-state index is 12.5. The summed E-state index contributed by atoms with van der Waals surface area (Å²) in [6.07, 6.45) is 6.78. The first-order chi connectivity index (χ1) is 10.9. The topological polar surface area (TPSA) is 38.3 Å². The Hall–Kier alpha value is -1.29. The van der Waals surface area contributed by atoms with Crippen LogP contribution in [0.1, 0.15) is 67.3 Å². The first-order valence-corrected chi connectivity index (χ1v) is 9.50. The maximum Gasteiger partial charge on any atom is 0.341 e. The summed E-state index contributed by atoms with van der Waals surface area (Å²) in [6.45, 7) is 11.1. The molecule has 0 radical (unpaired) electrons. The van der Waals surface area contributed by atoms with Crippen LogP contribution in [0.2, 0.25) is 0 Å². The Morgan fingerprint density at radius 3 is 2.70 bits per heavy atom. The van der Waals surface area contributed by atoms with Crippen LogP contribution in [0.25, 0.3) is 0 Å². The summed E-state index contributed by atoms with van der Waals surface area (Å²) in [5.74, 6) is 0.329. The average Bonchev–Trinajstić information content (AvgIpc) is 2.82. The van der Waals surface area contributed by atoms with Crippen LogP contribution in [-0.2, 0) is 17.6 Å². The van der Waals surface area contributed by atoms with Gasteiger partial charge < -0.3 is 10.1 Å². The molecule has 0 unspecified atom stereocenters. The average molecular weight is 333 g/mol. The second-order valence-electron chi connectivity index (χ2n) is 7.56. The molecular formula is C19H27NO2S. The van der Waals surface area contributed by atoms with Crippen molar-refractivity contribution in [1.82, 2.24) is 0 Å². The van der Waals surface area contributed by atoms with Crippen molar-refractivity contribution in [2.75, 3.05) is 11.9 Å². The van der Waals surface area contributed by atoms with E-state index in [1.54, 1.807) is 11.3 Å². The molecule has 0 aliphatic heterocycles. The van der Waals surface area contributed by atoms with Gasteiger partial charge in [-0.1, -0.05) is 20.4 Å². The molecule has 0 atom stereocenters. The van der Waals surface area contributed by atoms with Gasteiger partial charge in [0.1, 0.15) is 5.00 Å². The van der Waals surface area contributed by atoms with Gasteiger partial charge in [-0.05, 0) is 62.3 Å². The lowest BCUT2D eigenvalue weighted by atomic mass is 9.63. The van der Waals surface area contributed by atoms with E-state index in [4.69, 9.17) is 4.74 Å². The Bertz CT molecular complexity index is 622. The lowest BCUT2D eigenvalue weighted by Crippen LogP contribution is -2.34. The third-order valence-electron chi connectivity index (χ3n) is 5.02. The molecule has 0 spiro atoms. The number of carbonyl (C=O) groups is 1. The molecule has 1 aromatic heterocycles. The quantitative estimate of drug-likeness (QED) is 0.756. The number of fused-ring (bicyclic) bond motifs is 1. The van der Waals surface area contributed by atoms with E-state index in [0.29, 0.717) is 17.9 Å². The molecule has 1 saturated carbocycles. The van der Waals surface area contributed by atoms with Gasteiger partial charge in [0, 0.05) is 10.6 Å². The van der Waals surface area contributed by atoms with E-state index in [1.807, 2.05) is 6.92 Å². The van der Waals surface area contributed by atoms with Crippen molar-refractivity contribution >= 4 is 22.3 Å². The molecule has 1 N–H and O–H groups in total. The summed E-state index contributed by atoms with van der Waals surface area (Å²) in [6, 6.07) is 0. The van der Waals surface area contributed by atoms with Crippen molar-refractivity contribution in [2.24, 2.45) is 11.3 Å². The first kappa shape index (κ1) is 16.6. The molecule has 0 saturated heterocycles. The van der Waals surface area contributed by atoms with Crippen LogP contribution in [-0.4, -0.2) is 12.6 Å². The third-order valence-corrected chi connectivity index (χ3v) is 6.22. The zero-order valence-electron chi connectivity index (χ0n) is 14.5. The first-order valence-electron chi connectivity index (χ1n) is 8.69. The van der Waals surface area contributed by atoms with Crippen molar-refractivity contribution in [3.8, 4) is 0 Å². The zero-order valence-corrected chi connectivity index (χ0v) is 15.3. The number of allylic oxidation sites excluding steroid dienone is 1. The van der Waals surface area contributed by atoms with E-state index in [2.05, 4.69) is 25.7 Å². The molecule has 2 aliphatic carbocycles. The fourth-order valence-electron chi connectivity index (χ4n) is 3.84. The van der Waals surface area contributed by atoms with Gasteiger partial charge in [-0.25, -0.2) is 4.79 Å². The molecule has 0 aromatic carbocycles. The summed E-state index contributed by atoms with van der Waals surface area (Å²) >= 11 is 1.72. The van der Waals surface area contributed by atoms with Crippen LogP contribution in [0, 0.1) is 11.3 Å². The highest BCUT2D eigenvalue weighted by molar-refractivity contribution is 7.16. The van der Waals surface area contributed by atoms with Gasteiger partial charge in [0.15, 0.2) is 0 Å². The van der Waals surface area contributed by atoms with Gasteiger partial charge in [0.25, 0.3) is 0 Å². The van der Waals surface area contributed by atoms with Gasteiger partial charge in [0.05, 0.1) is 12.2 Å². The lowest BCUT2D eigenvalue weighted by Gasteiger charge is -2.43. The number of rotatable bonds is 5.